The molecule has 218 valence electrons. The SMILES string of the molecule is C[C@@H]1CCC[N+]1(C(N)=O)C(=O)[C@@H](Cc1ccccc1)N(CCCCN=C(N)N)S(=O)(=O)c1ccc2ccccc2c1. The first-order valence-corrected chi connectivity index (χ1v) is 15.3. The molecule has 0 aliphatic carbocycles. The molecule has 41 heavy (non-hydrogen) atoms. The lowest BCUT2D eigenvalue weighted by atomic mass is 10.0. The summed E-state index contributed by atoms with van der Waals surface area (Å²) < 4.78 is 29.6. The van der Waals surface area contributed by atoms with E-state index in [1.54, 1.807) is 18.2 Å². The highest BCUT2D eigenvalue weighted by Gasteiger charge is 2.56. The molecule has 1 unspecified atom stereocenters. The standard InChI is InChI=1S/C30H38N6O4S/c1-22-10-9-19-36(22,30(33)38)28(37)27(20-23-11-3-2-4-12-23)35(18-8-7-17-34-29(31)32)41(39,40)26-16-15-24-13-5-6-14-25(24)21-26/h2-6,11-16,21-22,27H,7-10,17-20H2,1H3,(H5-,31,32,33,34,38)/p+1/t22-,27-,36?/m1/s1. The third-order valence-corrected chi connectivity index (χ3v) is 9.89. The molecular formula is C30H39N6O4S+. The summed E-state index contributed by atoms with van der Waals surface area (Å²) in [7, 11) is -4.19. The predicted molar refractivity (Wildman–Crippen MR) is 160 cm³/mol. The Balaban J connectivity index is 1.82. The van der Waals surface area contributed by atoms with Crippen LogP contribution in [0, 0.1) is 0 Å². The number of likely N-dealkylation sites (tertiary alicyclic amines) is 1. The second-order valence-corrected chi connectivity index (χ2v) is 12.5. The van der Waals surface area contributed by atoms with E-state index in [0.717, 1.165) is 16.3 Å². The number of carbonyl (C=O) groups excluding carboxylic acids is 2. The molecule has 1 aliphatic rings. The Bertz CT molecular complexity index is 1520. The number of sulfonamides is 1. The van der Waals surface area contributed by atoms with Crippen molar-refractivity contribution in [1.29, 1.82) is 0 Å². The summed E-state index contributed by atoms with van der Waals surface area (Å²) >= 11 is 0. The molecule has 0 bridgehead atoms. The van der Waals surface area contributed by atoms with Crippen molar-refractivity contribution in [3.05, 3.63) is 78.4 Å². The number of rotatable bonds is 11. The predicted octanol–water partition coefficient (Wildman–Crippen LogP) is 3.10. The van der Waals surface area contributed by atoms with Crippen LogP contribution < -0.4 is 17.2 Å². The van der Waals surface area contributed by atoms with E-state index in [1.165, 1.54) is 4.31 Å². The zero-order valence-electron chi connectivity index (χ0n) is 23.4. The van der Waals surface area contributed by atoms with Gasteiger partial charge < -0.3 is 17.2 Å². The van der Waals surface area contributed by atoms with Crippen molar-refractivity contribution in [2.75, 3.05) is 19.6 Å². The van der Waals surface area contributed by atoms with Gasteiger partial charge >= 0.3 is 11.9 Å². The fourth-order valence-corrected chi connectivity index (χ4v) is 7.41. The molecule has 10 nitrogen and oxygen atoms in total. The van der Waals surface area contributed by atoms with Gasteiger partial charge in [0.15, 0.2) is 5.96 Å². The number of urea groups is 1. The summed E-state index contributed by atoms with van der Waals surface area (Å²) in [5.74, 6) is -0.543. The monoisotopic (exact) mass is 579 g/mol. The third-order valence-electron chi connectivity index (χ3n) is 7.98. The molecule has 4 rings (SSSR count). The highest BCUT2D eigenvalue weighted by Crippen LogP contribution is 2.32. The van der Waals surface area contributed by atoms with E-state index in [0.29, 0.717) is 32.2 Å². The number of fused-ring (bicyclic) bond motifs is 1. The molecule has 0 aromatic heterocycles. The lowest BCUT2D eigenvalue weighted by Crippen LogP contribution is -2.67. The Morgan fingerprint density at radius 2 is 1.66 bits per heavy atom. The smallest absolute Gasteiger partial charge is 0.370 e. The number of imide groups is 1. The summed E-state index contributed by atoms with van der Waals surface area (Å²) in [5.41, 5.74) is 17.6. The second kappa shape index (κ2) is 12.8. The van der Waals surface area contributed by atoms with Crippen LogP contribution in [0.5, 0.6) is 0 Å². The fraction of sp³-hybridized carbons (Fsp3) is 0.367. The Kier molecular flexibility index (Phi) is 9.42. The molecule has 6 N–H and O–H groups in total. The number of quaternary nitrogens is 1. The minimum atomic E-state index is -4.19. The van der Waals surface area contributed by atoms with Crippen molar-refractivity contribution in [3.63, 3.8) is 0 Å². The average molecular weight is 580 g/mol. The van der Waals surface area contributed by atoms with Gasteiger partial charge in [0.1, 0.15) is 12.1 Å². The van der Waals surface area contributed by atoms with Crippen molar-refractivity contribution in [2.24, 2.45) is 22.2 Å². The maximum atomic E-state index is 14.5. The number of carbonyl (C=O) groups is 2. The molecule has 3 aromatic rings. The van der Waals surface area contributed by atoms with Gasteiger partial charge in [0, 0.05) is 32.4 Å². The summed E-state index contributed by atoms with van der Waals surface area (Å²) in [5, 5.41) is 1.66. The van der Waals surface area contributed by atoms with Crippen molar-refractivity contribution in [3.8, 4) is 0 Å². The molecular weight excluding hydrogens is 540 g/mol. The number of hydrogen-bond donors (Lipinski definition) is 3. The molecule has 11 heteroatoms. The van der Waals surface area contributed by atoms with Gasteiger partial charge in [0.25, 0.3) is 0 Å². The number of primary amides is 1. The third kappa shape index (κ3) is 6.42. The quantitative estimate of drug-likeness (QED) is 0.137. The maximum absolute atomic E-state index is 14.5. The summed E-state index contributed by atoms with van der Waals surface area (Å²) in [6.45, 7) is 2.43. The molecule has 1 heterocycles. The van der Waals surface area contributed by atoms with E-state index in [4.69, 9.17) is 17.2 Å². The van der Waals surface area contributed by atoms with Gasteiger partial charge in [-0.05, 0) is 48.2 Å². The van der Waals surface area contributed by atoms with Gasteiger partial charge in [-0.1, -0.05) is 60.7 Å². The molecule has 3 aromatic carbocycles. The largest absolute Gasteiger partial charge is 0.421 e. The molecule has 1 saturated heterocycles. The average Bonchev–Trinajstić information content (AvgIpc) is 3.35. The first-order valence-electron chi connectivity index (χ1n) is 13.9. The molecule has 0 spiro atoms. The Morgan fingerprint density at radius 3 is 2.29 bits per heavy atom. The van der Waals surface area contributed by atoms with Gasteiger partial charge in [0.05, 0.1) is 11.4 Å². The number of guanidine groups is 1. The first-order chi connectivity index (χ1) is 19.6. The molecule has 1 aliphatic heterocycles. The minimum absolute atomic E-state index is 0.0333. The van der Waals surface area contributed by atoms with Crippen LogP contribution >= 0.6 is 0 Å². The maximum Gasteiger partial charge on any atom is 0.421 e. The Morgan fingerprint density at radius 1 is 0.976 bits per heavy atom. The van der Waals surface area contributed by atoms with Gasteiger partial charge in [0.2, 0.25) is 10.0 Å². The van der Waals surface area contributed by atoms with Crippen LogP contribution in [-0.2, 0) is 21.2 Å². The Labute approximate surface area is 241 Å². The van der Waals surface area contributed by atoms with Crippen LogP contribution in [0.1, 0.15) is 38.2 Å². The summed E-state index contributed by atoms with van der Waals surface area (Å²) in [4.78, 5) is 31.6. The van der Waals surface area contributed by atoms with Gasteiger partial charge in [-0.3, -0.25) is 4.99 Å². The van der Waals surface area contributed by atoms with Crippen LogP contribution in [0.15, 0.2) is 82.7 Å². The van der Waals surface area contributed by atoms with Crippen molar-refractivity contribution >= 4 is 38.7 Å². The van der Waals surface area contributed by atoms with Gasteiger partial charge in [-0.15, -0.1) is 0 Å². The topological polar surface area (TPSA) is 162 Å². The van der Waals surface area contributed by atoms with Crippen molar-refractivity contribution in [1.82, 2.24) is 4.31 Å². The summed E-state index contributed by atoms with van der Waals surface area (Å²) in [6.07, 6.45) is 2.28. The lowest BCUT2D eigenvalue weighted by Gasteiger charge is -2.37. The van der Waals surface area contributed by atoms with Crippen LogP contribution in [0.25, 0.3) is 10.8 Å². The van der Waals surface area contributed by atoms with E-state index in [9.17, 15) is 18.0 Å². The number of benzene rings is 3. The zero-order valence-corrected chi connectivity index (χ0v) is 24.2. The van der Waals surface area contributed by atoms with Gasteiger partial charge in [-0.25, -0.2) is 18.0 Å². The van der Waals surface area contributed by atoms with E-state index in [-0.39, 0.29) is 36.4 Å². The summed E-state index contributed by atoms with van der Waals surface area (Å²) in [6, 6.07) is 19.4. The van der Waals surface area contributed by atoms with E-state index < -0.39 is 32.5 Å². The lowest BCUT2D eigenvalue weighted by molar-refractivity contribution is -0.784. The van der Waals surface area contributed by atoms with Crippen molar-refractivity contribution in [2.45, 2.75) is 56.0 Å². The number of hydrogen-bond acceptors (Lipinski definition) is 5. The van der Waals surface area contributed by atoms with Crippen LogP contribution in [0.4, 0.5) is 4.79 Å². The Hall–Kier alpha value is -3.80. The number of unbranched alkanes of at least 4 members (excludes halogenated alkanes) is 1. The van der Waals surface area contributed by atoms with Gasteiger partial charge in [-0.2, -0.15) is 8.79 Å². The highest BCUT2D eigenvalue weighted by molar-refractivity contribution is 7.89. The number of nitrogens with zero attached hydrogens (tertiary/aromatic N) is 3. The van der Waals surface area contributed by atoms with E-state index in [1.807, 2.05) is 61.5 Å². The molecule has 1 fully saturated rings. The number of amides is 3. The number of aliphatic imine (C=N–C) groups is 1. The van der Waals surface area contributed by atoms with Crippen molar-refractivity contribution < 1.29 is 22.5 Å². The second-order valence-electron chi connectivity index (χ2n) is 10.6. The molecule has 0 radical (unpaired) electrons. The molecule has 0 saturated carbocycles. The molecule has 3 amide bonds. The highest BCUT2D eigenvalue weighted by atomic mass is 32.2. The molecule has 3 atom stereocenters. The first kappa shape index (κ1) is 30.2. The van der Waals surface area contributed by atoms with Crippen LogP contribution in [0.2, 0.25) is 0 Å². The number of nitrogens with two attached hydrogens (primary N) is 3. The fourth-order valence-electron chi connectivity index (χ4n) is 5.75. The van der Waals surface area contributed by atoms with E-state index in [2.05, 4.69) is 4.99 Å². The van der Waals surface area contributed by atoms with E-state index >= 15 is 0 Å². The normalized spacial score (nSPS) is 19.7. The minimum Gasteiger partial charge on any atom is -0.370 e. The zero-order chi connectivity index (χ0) is 29.6. The van der Waals surface area contributed by atoms with Crippen LogP contribution in [-0.4, -0.2) is 66.8 Å². The van der Waals surface area contributed by atoms with Crippen LogP contribution in [0.3, 0.4) is 0 Å².